The fraction of sp³-hybridized carbons (Fsp3) is 0.333. The van der Waals surface area contributed by atoms with E-state index in [2.05, 4.69) is 41.8 Å². The molecule has 0 bridgehead atoms. The van der Waals surface area contributed by atoms with Crippen molar-refractivity contribution in [3.63, 3.8) is 0 Å². The fourth-order valence-electron chi connectivity index (χ4n) is 3.55. The van der Waals surface area contributed by atoms with Gasteiger partial charge in [0.2, 0.25) is 0 Å². The average molecular weight is 399 g/mol. The summed E-state index contributed by atoms with van der Waals surface area (Å²) >= 11 is 8.16. The van der Waals surface area contributed by atoms with E-state index in [1.165, 1.54) is 16.7 Å². The molecule has 6 heteroatoms. The molecule has 1 unspecified atom stereocenters. The number of hydrogen-bond acceptors (Lipinski definition) is 4. The third kappa shape index (κ3) is 3.46. The second-order valence-electron chi connectivity index (χ2n) is 7.04. The summed E-state index contributed by atoms with van der Waals surface area (Å²) in [4.78, 5) is 4.59. The van der Waals surface area contributed by atoms with Crippen LogP contribution in [0.5, 0.6) is 0 Å². The van der Waals surface area contributed by atoms with Gasteiger partial charge in [-0.1, -0.05) is 23.7 Å². The summed E-state index contributed by atoms with van der Waals surface area (Å²) < 4.78 is 2.10. The molecule has 4 nitrogen and oxygen atoms in total. The molecule has 4 rings (SSSR count). The van der Waals surface area contributed by atoms with Crippen molar-refractivity contribution in [2.24, 2.45) is 0 Å². The van der Waals surface area contributed by atoms with Crippen LogP contribution in [0.4, 0.5) is 5.82 Å². The Kier molecular flexibility index (Phi) is 5.15. The summed E-state index contributed by atoms with van der Waals surface area (Å²) in [6, 6.07) is 12.4. The lowest BCUT2D eigenvalue weighted by molar-refractivity contribution is 0.539. The van der Waals surface area contributed by atoms with E-state index in [9.17, 15) is 0 Å². The van der Waals surface area contributed by atoms with Crippen molar-refractivity contribution >= 4 is 29.2 Å². The maximum absolute atomic E-state index is 6.22. The summed E-state index contributed by atoms with van der Waals surface area (Å²) in [7, 11) is 0. The van der Waals surface area contributed by atoms with Gasteiger partial charge in [-0.15, -0.1) is 11.8 Å². The zero-order valence-electron chi connectivity index (χ0n) is 15.7. The number of aryl methyl sites for hydroxylation is 1. The highest BCUT2D eigenvalue weighted by Crippen LogP contribution is 2.47. The van der Waals surface area contributed by atoms with Crippen molar-refractivity contribution in [2.45, 2.75) is 32.1 Å². The number of halogens is 1. The molecule has 0 fully saturated rings. The van der Waals surface area contributed by atoms with Gasteiger partial charge in [0.05, 0.1) is 10.9 Å². The van der Waals surface area contributed by atoms with Gasteiger partial charge in [-0.3, -0.25) is 4.98 Å². The summed E-state index contributed by atoms with van der Waals surface area (Å²) in [5.74, 6) is 2.14. The summed E-state index contributed by atoms with van der Waals surface area (Å²) in [5, 5.41) is 9.57. The summed E-state index contributed by atoms with van der Waals surface area (Å²) in [5.41, 5.74) is 5.58. The zero-order valence-corrected chi connectivity index (χ0v) is 17.3. The molecule has 27 heavy (non-hydrogen) atoms. The molecule has 3 aromatic rings. The zero-order chi connectivity index (χ0) is 19.0. The molecule has 0 saturated carbocycles. The van der Waals surface area contributed by atoms with Crippen LogP contribution in [0.3, 0.4) is 0 Å². The Morgan fingerprint density at radius 1 is 1.26 bits per heavy atom. The molecule has 0 amide bonds. The second-order valence-corrected chi connectivity index (χ2v) is 8.69. The fourth-order valence-corrected chi connectivity index (χ4v) is 5.06. The number of hydrogen-bond donors (Lipinski definition) is 1. The lowest BCUT2D eigenvalue weighted by Gasteiger charge is -2.19. The van der Waals surface area contributed by atoms with E-state index in [1.807, 2.05) is 48.3 Å². The van der Waals surface area contributed by atoms with Gasteiger partial charge < -0.3 is 5.32 Å². The first kappa shape index (κ1) is 18.4. The quantitative estimate of drug-likeness (QED) is 0.611. The largest absolute Gasteiger partial charge is 0.369 e. The van der Waals surface area contributed by atoms with E-state index < -0.39 is 0 Å². The number of aromatic nitrogens is 3. The SMILES string of the molecule is Cc1cc(Cl)ccc1C1SCCNc2c1c(-c1ccccn1)nn2C(C)C. The Morgan fingerprint density at radius 3 is 2.81 bits per heavy atom. The number of thioether (sulfide) groups is 1. The first-order chi connectivity index (χ1) is 13.1. The van der Waals surface area contributed by atoms with Crippen LogP contribution >= 0.6 is 23.4 Å². The van der Waals surface area contributed by atoms with Crippen LogP contribution in [0.15, 0.2) is 42.6 Å². The molecular formula is C21H23ClN4S. The lowest BCUT2D eigenvalue weighted by atomic mass is 9.98. The molecule has 1 aliphatic heterocycles. The van der Waals surface area contributed by atoms with Gasteiger partial charge in [-0.05, 0) is 56.2 Å². The van der Waals surface area contributed by atoms with E-state index in [1.54, 1.807) is 0 Å². The van der Waals surface area contributed by atoms with E-state index in [-0.39, 0.29) is 11.3 Å². The van der Waals surface area contributed by atoms with Crippen LogP contribution < -0.4 is 5.32 Å². The van der Waals surface area contributed by atoms with Gasteiger partial charge in [0, 0.05) is 35.1 Å². The number of benzene rings is 1. The average Bonchev–Trinajstić information content (AvgIpc) is 2.90. The van der Waals surface area contributed by atoms with Crippen molar-refractivity contribution in [3.8, 4) is 11.4 Å². The molecule has 0 radical (unpaired) electrons. The number of rotatable bonds is 3. The van der Waals surface area contributed by atoms with Crippen molar-refractivity contribution < 1.29 is 0 Å². The maximum Gasteiger partial charge on any atom is 0.130 e. The van der Waals surface area contributed by atoms with Crippen LogP contribution in [-0.4, -0.2) is 27.1 Å². The Balaban J connectivity index is 1.96. The van der Waals surface area contributed by atoms with Gasteiger partial charge in [-0.2, -0.15) is 5.10 Å². The van der Waals surface area contributed by atoms with Gasteiger partial charge in [0.1, 0.15) is 11.5 Å². The second kappa shape index (κ2) is 7.56. The van der Waals surface area contributed by atoms with E-state index in [4.69, 9.17) is 16.7 Å². The third-order valence-electron chi connectivity index (χ3n) is 4.80. The first-order valence-electron chi connectivity index (χ1n) is 9.21. The van der Waals surface area contributed by atoms with Crippen LogP contribution in [0.25, 0.3) is 11.4 Å². The smallest absolute Gasteiger partial charge is 0.130 e. The Bertz CT molecular complexity index is 952. The highest BCUT2D eigenvalue weighted by molar-refractivity contribution is 7.99. The van der Waals surface area contributed by atoms with E-state index in [0.717, 1.165) is 34.5 Å². The molecule has 0 saturated heterocycles. The van der Waals surface area contributed by atoms with Crippen LogP contribution in [0.1, 0.15) is 41.8 Å². The predicted octanol–water partition coefficient (Wildman–Crippen LogP) is 5.74. The highest BCUT2D eigenvalue weighted by atomic mass is 35.5. The van der Waals surface area contributed by atoms with Crippen molar-refractivity contribution in [1.29, 1.82) is 0 Å². The molecule has 0 aliphatic carbocycles. The predicted molar refractivity (Wildman–Crippen MR) is 115 cm³/mol. The molecule has 3 heterocycles. The molecule has 2 aromatic heterocycles. The van der Waals surface area contributed by atoms with Gasteiger partial charge in [0.25, 0.3) is 0 Å². The number of anilines is 1. The minimum atomic E-state index is 0.191. The number of nitrogens with zero attached hydrogens (tertiary/aromatic N) is 3. The topological polar surface area (TPSA) is 42.7 Å². The molecule has 1 N–H and O–H groups in total. The van der Waals surface area contributed by atoms with E-state index >= 15 is 0 Å². The summed E-state index contributed by atoms with van der Waals surface area (Å²) in [6.45, 7) is 7.38. The Hall–Kier alpha value is -1.98. The Labute approximate surface area is 169 Å². The highest BCUT2D eigenvalue weighted by Gasteiger charge is 2.31. The molecule has 0 spiro atoms. The molecule has 1 atom stereocenters. The van der Waals surface area contributed by atoms with Crippen LogP contribution in [-0.2, 0) is 0 Å². The van der Waals surface area contributed by atoms with Crippen molar-refractivity contribution in [1.82, 2.24) is 14.8 Å². The first-order valence-corrected chi connectivity index (χ1v) is 10.6. The van der Waals surface area contributed by atoms with Gasteiger partial charge in [0.15, 0.2) is 0 Å². The monoisotopic (exact) mass is 398 g/mol. The molecule has 1 aromatic carbocycles. The normalized spacial score (nSPS) is 16.7. The standard InChI is InChI=1S/C21H23ClN4S/c1-13(2)26-21-18(19(25-26)17-6-4-5-9-23-17)20(27-11-10-24-21)16-8-7-15(22)12-14(16)3/h4-9,12-13,20,24H,10-11H2,1-3H3. The maximum atomic E-state index is 6.22. The summed E-state index contributed by atoms with van der Waals surface area (Å²) in [6.07, 6.45) is 1.83. The minimum absolute atomic E-state index is 0.191. The Morgan fingerprint density at radius 2 is 2.11 bits per heavy atom. The molecular weight excluding hydrogens is 376 g/mol. The minimum Gasteiger partial charge on any atom is -0.369 e. The molecule has 1 aliphatic rings. The van der Waals surface area contributed by atoms with E-state index in [0.29, 0.717) is 0 Å². The third-order valence-corrected chi connectivity index (χ3v) is 6.30. The number of pyridine rings is 1. The van der Waals surface area contributed by atoms with Gasteiger partial charge in [-0.25, -0.2) is 4.68 Å². The van der Waals surface area contributed by atoms with Crippen LogP contribution in [0.2, 0.25) is 5.02 Å². The number of nitrogens with one attached hydrogen (secondary N) is 1. The van der Waals surface area contributed by atoms with Gasteiger partial charge >= 0.3 is 0 Å². The lowest BCUT2D eigenvalue weighted by Crippen LogP contribution is -2.11. The van der Waals surface area contributed by atoms with Crippen molar-refractivity contribution in [2.75, 3.05) is 17.6 Å². The molecule has 140 valence electrons. The van der Waals surface area contributed by atoms with Crippen molar-refractivity contribution in [3.05, 3.63) is 64.3 Å². The van der Waals surface area contributed by atoms with Crippen LogP contribution in [0, 0.1) is 6.92 Å². The number of fused-ring (bicyclic) bond motifs is 1.